The third-order valence-corrected chi connectivity index (χ3v) is 7.46. The SMILES string of the molecule is Cc1nc(S(=O)(=O)N2CCc3nc[nH]c(=O)c3C2)sc1Br. The van der Waals surface area contributed by atoms with Gasteiger partial charge in [-0.25, -0.2) is 18.4 Å². The molecule has 7 nitrogen and oxygen atoms in total. The first-order valence-corrected chi connectivity index (χ1v) is 9.13. The highest BCUT2D eigenvalue weighted by atomic mass is 79.9. The summed E-state index contributed by atoms with van der Waals surface area (Å²) >= 11 is 4.35. The second-order valence-electron chi connectivity index (χ2n) is 4.58. The first-order valence-electron chi connectivity index (χ1n) is 6.08. The smallest absolute Gasteiger partial charge is 0.270 e. The molecule has 112 valence electrons. The van der Waals surface area contributed by atoms with Gasteiger partial charge in [0.1, 0.15) is 0 Å². The Hall–Kier alpha value is -1.10. The molecule has 0 unspecified atom stereocenters. The summed E-state index contributed by atoms with van der Waals surface area (Å²) in [5, 5.41) is 0. The first kappa shape index (κ1) is 14.8. The molecule has 0 fully saturated rings. The standard InChI is InChI=1S/C11H11BrN4O3S2/c1-6-9(12)20-11(15-6)21(18,19)16-3-2-8-7(4-16)10(17)14-5-13-8/h5H,2-4H2,1H3,(H,13,14,17). The van der Waals surface area contributed by atoms with Crippen molar-refractivity contribution in [2.75, 3.05) is 6.54 Å². The van der Waals surface area contributed by atoms with Crippen molar-refractivity contribution < 1.29 is 8.42 Å². The Morgan fingerprint density at radius 2 is 2.24 bits per heavy atom. The van der Waals surface area contributed by atoms with E-state index in [1.807, 2.05) is 0 Å². The monoisotopic (exact) mass is 390 g/mol. The number of aryl methyl sites for hydroxylation is 1. The lowest BCUT2D eigenvalue weighted by molar-refractivity contribution is 0.384. The summed E-state index contributed by atoms with van der Waals surface area (Å²) in [6, 6.07) is 0. The Kier molecular flexibility index (Phi) is 3.72. The van der Waals surface area contributed by atoms with Crippen molar-refractivity contribution in [3.8, 4) is 0 Å². The van der Waals surface area contributed by atoms with Gasteiger partial charge in [0.05, 0.1) is 27.1 Å². The number of sulfonamides is 1. The van der Waals surface area contributed by atoms with Crippen LogP contribution in [-0.4, -0.2) is 34.2 Å². The summed E-state index contributed by atoms with van der Waals surface area (Å²) in [7, 11) is -3.69. The Bertz CT molecular complexity index is 839. The summed E-state index contributed by atoms with van der Waals surface area (Å²) in [4.78, 5) is 22.4. The lowest BCUT2D eigenvalue weighted by Crippen LogP contribution is -2.39. The predicted molar refractivity (Wildman–Crippen MR) is 80.7 cm³/mol. The quantitative estimate of drug-likeness (QED) is 0.826. The number of hydrogen-bond donors (Lipinski definition) is 1. The van der Waals surface area contributed by atoms with Crippen molar-refractivity contribution in [3.05, 3.63) is 37.4 Å². The molecule has 0 saturated carbocycles. The molecule has 21 heavy (non-hydrogen) atoms. The van der Waals surface area contributed by atoms with Gasteiger partial charge < -0.3 is 4.98 Å². The van der Waals surface area contributed by atoms with Crippen LogP contribution in [0.15, 0.2) is 19.2 Å². The molecule has 0 radical (unpaired) electrons. The summed E-state index contributed by atoms with van der Waals surface area (Å²) in [5.74, 6) is 0. The van der Waals surface area contributed by atoms with Crippen LogP contribution in [0, 0.1) is 6.92 Å². The van der Waals surface area contributed by atoms with Crippen LogP contribution >= 0.6 is 27.3 Å². The normalized spacial score (nSPS) is 15.9. The number of nitrogens with zero attached hydrogens (tertiary/aromatic N) is 3. The van der Waals surface area contributed by atoms with Crippen molar-refractivity contribution in [2.45, 2.75) is 24.2 Å². The van der Waals surface area contributed by atoms with Crippen molar-refractivity contribution in [3.63, 3.8) is 0 Å². The zero-order valence-corrected chi connectivity index (χ0v) is 14.2. The molecular weight excluding hydrogens is 380 g/mol. The average molecular weight is 391 g/mol. The molecule has 0 amide bonds. The minimum absolute atomic E-state index is 0.0249. The molecular formula is C11H11BrN4O3S2. The van der Waals surface area contributed by atoms with E-state index < -0.39 is 10.0 Å². The second kappa shape index (κ2) is 5.27. The fraction of sp³-hybridized carbons (Fsp3) is 0.364. The first-order chi connectivity index (χ1) is 9.89. The molecule has 0 aromatic carbocycles. The lowest BCUT2D eigenvalue weighted by atomic mass is 10.1. The Morgan fingerprint density at radius 3 is 2.90 bits per heavy atom. The number of fused-ring (bicyclic) bond motifs is 1. The van der Waals surface area contributed by atoms with Gasteiger partial charge in [0.15, 0.2) is 0 Å². The summed E-state index contributed by atoms with van der Waals surface area (Å²) < 4.78 is 27.2. The van der Waals surface area contributed by atoms with Gasteiger partial charge in [0.25, 0.3) is 15.6 Å². The molecule has 2 aromatic heterocycles. The van der Waals surface area contributed by atoms with Crippen LogP contribution in [-0.2, 0) is 23.0 Å². The van der Waals surface area contributed by atoms with Crippen LogP contribution in [0.25, 0.3) is 0 Å². The highest BCUT2D eigenvalue weighted by molar-refractivity contribution is 9.11. The van der Waals surface area contributed by atoms with Gasteiger partial charge in [-0.05, 0) is 22.9 Å². The van der Waals surface area contributed by atoms with Gasteiger partial charge in [-0.3, -0.25) is 4.79 Å². The minimum atomic E-state index is -3.69. The van der Waals surface area contributed by atoms with Crippen LogP contribution in [0.2, 0.25) is 0 Å². The molecule has 0 spiro atoms. The van der Waals surface area contributed by atoms with E-state index >= 15 is 0 Å². The fourth-order valence-electron chi connectivity index (χ4n) is 2.11. The third-order valence-electron chi connectivity index (χ3n) is 3.25. The molecule has 2 aromatic rings. The van der Waals surface area contributed by atoms with Gasteiger partial charge in [-0.1, -0.05) is 11.3 Å². The van der Waals surface area contributed by atoms with E-state index in [1.54, 1.807) is 6.92 Å². The zero-order chi connectivity index (χ0) is 15.2. The summed E-state index contributed by atoms with van der Waals surface area (Å²) in [6.45, 7) is 2.05. The largest absolute Gasteiger partial charge is 0.313 e. The zero-order valence-electron chi connectivity index (χ0n) is 11.0. The number of halogens is 1. The van der Waals surface area contributed by atoms with E-state index in [-0.39, 0.29) is 16.4 Å². The summed E-state index contributed by atoms with van der Waals surface area (Å²) in [5.41, 5.74) is 1.40. The highest BCUT2D eigenvalue weighted by Crippen LogP contribution is 2.30. The maximum Gasteiger partial charge on any atom is 0.270 e. The Morgan fingerprint density at radius 1 is 1.48 bits per heavy atom. The Balaban J connectivity index is 1.99. The Labute approximate surface area is 133 Å². The van der Waals surface area contributed by atoms with Crippen LogP contribution in [0.4, 0.5) is 0 Å². The third kappa shape index (κ3) is 2.56. The maximum absolute atomic E-state index is 12.6. The number of aromatic nitrogens is 3. The average Bonchev–Trinajstić information content (AvgIpc) is 2.79. The molecule has 3 heterocycles. The molecule has 0 atom stereocenters. The summed E-state index contributed by atoms with van der Waals surface area (Å²) in [6.07, 6.45) is 1.76. The van der Waals surface area contributed by atoms with Gasteiger partial charge in [-0.15, -0.1) is 0 Å². The van der Waals surface area contributed by atoms with Gasteiger partial charge in [0.2, 0.25) is 4.34 Å². The van der Waals surface area contributed by atoms with E-state index in [4.69, 9.17) is 0 Å². The molecule has 10 heteroatoms. The number of H-pyrrole nitrogens is 1. The lowest BCUT2D eigenvalue weighted by Gasteiger charge is -2.25. The van der Waals surface area contributed by atoms with E-state index in [1.165, 1.54) is 10.6 Å². The van der Waals surface area contributed by atoms with Crippen molar-refractivity contribution in [1.82, 2.24) is 19.3 Å². The van der Waals surface area contributed by atoms with Gasteiger partial charge >= 0.3 is 0 Å². The van der Waals surface area contributed by atoms with Crippen LogP contribution in [0.3, 0.4) is 0 Å². The number of hydrogen-bond acceptors (Lipinski definition) is 6. The minimum Gasteiger partial charge on any atom is -0.313 e. The predicted octanol–water partition coefficient (Wildman–Crippen LogP) is 1.04. The highest BCUT2D eigenvalue weighted by Gasteiger charge is 2.32. The molecule has 0 saturated heterocycles. The molecule has 0 bridgehead atoms. The van der Waals surface area contributed by atoms with Crippen molar-refractivity contribution in [2.24, 2.45) is 0 Å². The van der Waals surface area contributed by atoms with E-state index in [0.29, 0.717) is 33.7 Å². The molecule has 1 aliphatic rings. The van der Waals surface area contributed by atoms with Crippen LogP contribution in [0.5, 0.6) is 0 Å². The molecule has 0 aliphatic carbocycles. The fourth-order valence-corrected chi connectivity index (χ4v) is 5.60. The molecule has 3 rings (SSSR count). The van der Waals surface area contributed by atoms with Crippen molar-refractivity contribution in [1.29, 1.82) is 0 Å². The number of aromatic amines is 1. The van der Waals surface area contributed by atoms with Gasteiger partial charge in [0, 0.05) is 19.5 Å². The number of rotatable bonds is 2. The second-order valence-corrected chi connectivity index (χ2v) is 9.01. The number of thiazole rings is 1. The maximum atomic E-state index is 12.6. The van der Waals surface area contributed by atoms with E-state index in [0.717, 1.165) is 11.3 Å². The van der Waals surface area contributed by atoms with Crippen LogP contribution < -0.4 is 5.56 Å². The number of nitrogens with one attached hydrogen (secondary N) is 1. The van der Waals surface area contributed by atoms with Gasteiger partial charge in [-0.2, -0.15) is 4.31 Å². The van der Waals surface area contributed by atoms with Crippen molar-refractivity contribution >= 4 is 37.3 Å². The van der Waals surface area contributed by atoms with E-state index in [9.17, 15) is 13.2 Å². The molecule has 1 N–H and O–H groups in total. The van der Waals surface area contributed by atoms with E-state index in [2.05, 4.69) is 30.9 Å². The van der Waals surface area contributed by atoms with Crippen LogP contribution in [0.1, 0.15) is 17.0 Å². The topological polar surface area (TPSA) is 96.0 Å². The molecule has 1 aliphatic heterocycles.